The number of aromatic nitrogens is 1. The van der Waals surface area contributed by atoms with Gasteiger partial charge in [0.15, 0.2) is 0 Å². The molecule has 1 atom stereocenters. The van der Waals surface area contributed by atoms with Gasteiger partial charge in [-0.25, -0.2) is 9.78 Å². The van der Waals surface area contributed by atoms with Gasteiger partial charge in [0.2, 0.25) is 0 Å². The lowest BCUT2D eigenvalue weighted by Gasteiger charge is -2.13. The molecule has 2 N–H and O–H groups in total. The van der Waals surface area contributed by atoms with E-state index in [0.717, 1.165) is 30.8 Å². The van der Waals surface area contributed by atoms with Crippen molar-refractivity contribution in [2.45, 2.75) is 25.5 Å². The number of nitrogens with one attached hydrogen (secondary N) is 2. The first-order valence-electron chi connectivity index (χ1n) is 6.90. The number of nitrogens with zero attached hydrogens (tertiary/aromatic N) is 2. The number of pyridine rings is 1. The van der Waals surface area contributed by atoms with Gasteiger partial charge in [-0.1, -0.05) is 0 Å². The van der Waals surface area contributed by atoms with Crippen LogP contribution >= 0.6 is 0 Å². The maximum Gasteiger partial charge on any atom is 0.315 e. The van der Waals surface area contributed by atoms with E-state index in [-0.39, 0.29) is 12.1 Å². The van der Waals surface area contributed by atoms with Gasteiger partial charge in [-0.2, -0.15) is 0 Å². The molecule has 1 unspecified atom stereocenters. The molecule has 2 heterocycles. The van der Waals surface area contributed by atoms with Gasteiger partial charge in [-0.05, 0) is 30.5 Å². The molecular formula is C14H22N4O2. The molecule has 1 saturated heterocycles. The van der Waals surface area contributed by atoms with Crippen LogP contribution in [-0.4, -0.2) is 44.4 Å². The maximum atomic E-state index is 11.7. The summed E-state index contributed by atoms with van der Waals surface area (Å²) < 4.78 is 5.45. The highest BCUT2D eigenvalue weighted by Crippen LogP contribution is 2.11. The molecule has 0 aromatic carbocycles. The molecule has 2 amide bonds. The molecule has 0 bridgehead atoms. The summed E-state index contributed by atoms with van der Waals surface area (Å²) in [6, 6.07) is 3.69. The zero-order valence-corrected chi connectivity index (χ0v) is 12.1. The van der Waals surface area contributed by atoms with Crippen LogP contribution in [0.25, 0.3) is 0 Å². The van der Waals surface area contributed by atoms with Crippen molar-refractivity contribution in [3.8, 4) is 0 Å². The van der Waals surface area contributed by atoms with Gasteiger partial charge in [0.1, 0.15) is 5.82 Å². The van der Waals surface area contributed by atoms with Crippen LogP contribution in [0.15, 0.2) is 18.3 Å². The quantitative estimate of drug-likeness (QED) is 0.847. The molecule has 0 spiro atoms. The minimum Gasteiger partial charge on any atom is -0.376 e. The minimum atomic E-state index is -0.163. The van der Waals surface area contributed by atoms with Gasteiger partial charge in [0.05, 0.1) is 6.10 Å². The standard InChI is InChI=1S/C14H22N4O2/c1-18(2)13-8-11(5-6-15-13)9-16-14(19)17-10-12-4-3-7-20-12/h5-6,8,12H,3-4,7,9-10H2,1-2H3,(H2,16,17,19). The van der Waals surface area contributed by atoms with Crippen molar-refractivity contribution in [2.24, 2.45) is 0 Å². The second-order valence-electron chi connectivity index (χ2n) is 5.12. The Balaban J connectivity index is 1.73. The van der Waals surface area contributed by atoms with E-state index in [0.29, 0.717) is 13.1 Å². The topological polar surface area (TPSA) is 66.5 Å². The average Bonchev–Trinajstić information content (AvgIpc) is 2.96. The minimum absolute atomic E-state index is 0.163. The predicted octanol–water partition coefficient (Wildman–Crippen LogP) is 1.13. The zero-order valence-electron chi connectivity index (χ0n) is 12.1. The molecule has 0 radical (unpaired) electrons. The summed E-state index contributed by atoms with van der Waals surface area (Å²) in [5, 5.41) is 5.67. The maximum absolute atomic E-state index is 11.7. The number of rotatable bonds is 5. The number of hydrogen-bond acceptors (Lipinski definition) is 4. The third kappa shape index (κ3) is 4.38. The summed E-state index contributed by atoms with van der Waals surface area (Å²) in [4.78, 5) is 17.9. The van der Waals surface area contributed by atoms with Gasteiger partial charge < -0.3 is 20.3 Å². The van der Waals surface area contributed by atoms with Gasteiger partial charge >= 0.3 is 6.03 Å². The van der Waals surface area contributed by atoms with Crippen LogP contribution in [-0.2, 0) is 11.3 Å². The largest absolute Gasteiger partial charge is 0.376 e. The molecule has 1 aliphatic heterocycles. The van der Waals surface area contributed by atoms with Gasteiger partial charge in [0.25, 0.3) is 0 Å². The van der Waals surface area contributed by atoms with Crippen molar-refractivity contribution < 1.29 is 9.53 Å². The van der Waals surface area contributed by atoms with Crippen LogP contribution in [0.1, 0.15) is 18.4 Å². The van der Waals surface area contributed by atoms with Crippen LogP contribution in [0, 0.1) is 0 Å². The Kier molecular flexibility index (Phi) is 5.17. The number of carbonyl (C=O) groups is 1. The van der Waals surface area contributed by atoms with Crippen molar-refractivity contribution >= 4 is 11.8 Å². The normalized spacial score (nSPS) is 17.8. The lowest BCUT2D eigenvalue weighted by Crippen LogP contribution is -2.39. The number of anilines is 1. The number of ether oxygens (including phenoxy) is 1. The SMILES string of the molecule is CN(C)c1cc(CNC(=O)NCC2CCCO2)ccn1. The highest BCUT2D eigenvalue weighted by atomic mass is 16.5. The summed E-state index contributed by atoms with van der Waals surface area (Å²) in [7, 11) is 3.88. The second kappa shape index (κ2) is 7.09. The van der Waals surface area contributed by atoms with E-state index in [2.05, 4.69) is 15.6 Å². The first-order chi connectivity index (χ1) is 9.65. The number of hydrogen-bond donors (Lipinski definition) is 2. The second-order valence-corrected chi connectivity index (χ2v) is 5.12. The molecule has 2 rings (SSSR count). The van der Waals surface area contributed by atoms with E-state index in [9.17, 15) is 4.79 Å². The first kappa shape index (κ1) is 14.6. The Morgan fingerprint density at radius 2 is 2.35 bits per heavy atom. The number of amides is 2. The Bertz CT molecular complexity index is 445. The van der Waals surface area contributed by atoms with Crippen LogP contribution in [0.4, 0.5) is 10.6 Å². The summed E-state index contributed by atoms with van der Waals surface area (Å²) in [5.41, 5.74) is 1.02. The monoisotopic (exact) mass is 278 g/mol. The van der Waals surface area contributed by atoms with Crippen LogP contribution in [0.2, 0.25) is 0 Å². The van der Waals surface area contributed by atoms with E-state index in [1.807, 2.05) is 31.1 Å². The fourth-order valence-electron chi connectivity index (χ4n) is 2.07. The van der Waals surface area contributed by atoms with E-state index in [1.54, 1.807) is 6.20 Å². The van der Waals surface area contributed by atoms with E-state index in [4.69, 9.17) is 4.74 Å². The molecule has 0 saturated carbocycles. The van der Waals surface area contributed by atoms with Crippen molar-refractivity contribution in [1.29, 1.82) is 0 Å². The zero-order chi connectivity index (χ0) is 14.4. The summed E-state index contributed by atoms with van der Waals surface area (Å²) >= 11 is 0. The van der Waals surface area contributed by atoms with Crippen LogP contribution < -0.4 is 15.5 Å². The van der Waals surface area contributed by atoms with Crippen molar-refractivity contribution in [3.63, 3.8) is 0 Å². The molecule has 1 aromatic heterocycles. The van der Waals surface area contributed by atoms with Crippen molar-refractivity contribution in [2.75, 3.05) is 32.1 Å². The number of urea groups is 1. The summed E-state index contributed by atoms with van der Waals surface area (Å²) in [6.45, 7) is 1.87. The molecule has 110 valence electrons. The van der Waals surface area contributed by atoms with Crippen LogP contribution in [0.5, 0.6) is 0 Å². The van der Waals surface area contributed by atoms with Crippen molar-refractivity contribution in [1.82, 2.24) is 15.6 Å². The first-order valence-corrected chi connectivity index (χ1v) is 6.90. The Hall–Kier alpha value is -1.82. The molecule has 1 fully saturated rings. The third-order valence-corrected chi connectivity index (χ3v) is 3.24. The van der Waals surface area contributed by atoms with Crippen LogP contribution in [0.3, 0.4) is 0 Å². The van der Waals surface area contributed by atoms with E-state index < -0.39 is 0 Å². The molecule has 1 aromatic rings. The van der Waals surface area contributed by atoms with E-state index in [1.165, 1.54) is 0 Å². The van der Waals surface area contributed by atoms with E-state index >= 15 is 0 Å². The molecule has 6 nitrogen and oxygen atoms in total. The predicted molar refractivity (Wildman–Crippen MR) is 77.8 cm³/mol. The molecule has 1 aliphatic rings. The average molecular weight is 278 g/mol. The fraction of sp³-hybridized carbons (Fsp3) is 0.571. The molecule has 6 heteroatoms. The lowest BCUT2D eigenvalue weighted by molar-refractivity contribution is 0.111. The molecule has 20 heavy (non-hydrogen) atoms. The Morgan fingerprint density at radius 3 is 3.05 bits per heavy atom. The highest BCUT2D eigenvalue weighted by Gasteiger charge is 2.15. The molecule has 0 aliphatic carbocycles. The summed E-state index contributed by atoms with van der Waals surface area (Å²) in [5.74, 6) is 0.879. The highest BCUT2D eigenvalue weighted by molar-refractivity contribution is 5.73. The lowest BCUT2D eigenvalue weighted by atomic mass is 10.2. The summed E-state index contributed by atoms with van der Waals surface area (Å²) in [6.07, 6.45) is 4.02. The smallest absolute Gasteiger partial charge is 0.315 e. The van der Waals surface area contributed by atoms with Gasteiger partial charge in [-0.15, -0.1) is 0 Å². The Morgan fingerprint density at radius 1 is 1.50 bits per heavy atom. The van der Waals surface area contributed by atoms with Gasteiger partial charge in [0, 0.05) is 40.0 Å². The molecular weight excluding hydrogens is 256 g/mol. The van der Waals surface area contributed by atoms with Crippen molar-refractivity contribution in [3.05, 3.63) is 23.9 Å². The third-order valence-electron chi connectivity index (χ3n) is 3.24. The fourth-order valence-corrected chi connectivity index (χ4v) is 2.07. The van der Waals surface area contributed by atoms with Gasteiger partial charge in [-0.3, -0.25) is 0 Å². The number of carbonyl (C=O) groups excluding carboxylic acids is 1. The Labute approximate surface area is 119 Å².